The van der Waals surface area contributed by atoms with Crippen molar-refractivity contribution in [3.63, 3.8) is 0 Å². The Morgan fingerprint density at radius 2 is 1.84 bits per heavy atom. The van der Waals surface area contributed by atoms with Crippen molar-refractivity contribution in [3.8, 4) is 0 Å². The zero-order chi connectivity index (χ0) is 14.9. The van der Waals surface area contributed by atoms with Crippen molar-refractivity contribution in [2.24, 2.45) is 5.73 Å². The number of sulfone groups is 1. The third kappa shape index (κ3) is 4.60. The highest BCUT2D eigenvalue weighted by molar-refractivity contribution is 7.91. The monoisotopic (exact) mass is 310 g/mol. The lowest BCUT2D eigenvalue weighted by molar-refractivity contribution is 0.275. The Labute approximate surface area is 119 Å². The minimum absolute atomic E-state index is 0.281. The van der Waals surface area contributed by atoms with Crippen molar-refractivity contribution in [1.82, 2.24) is 4.72 Å². The molecule has 5 nitrogen and oxygen atoms in total. The minimum Gasteiger partial charge on any atom is -0.598 e. The molecule has 1 aliphatic rings. The molecule has 0 radical (unpaired) electrons. The van der Waals surface area contributed by atoms with Gasteiger partial charge in [-0.3, -0.25) is 0 Å². The minimum atomic E-state index is -2.99. The number of hydrogen-bond donors (Lipinski definition) is 2. The largest absolute Gasteiger partial charge is 0.598 e. The van der Waals surface area contributed by atoms with Crippen LogP contribution in [-0.4, -0.2) is 41.3 Å². The van der Waals surface area contributed by atoms with E-state index in [9.17, 15) is 13.0 Å². The normalized spacial score (nSPS) is 31.2. The first-order valence-corrected chi connectivity index (χ1v) is 9.69. The van der Waals surface area contributed by atoms with Crippen molar-refractivity contribution < 1.29 is 13.0 Å². The van der Waals surface area contributed by atoms with Crippen LogP contribution >= 0.6 is 0 Å². The molecule has 0 aliphatic heterocycles. The summed E-state index contributed by atoms with van der Waals surface area (Å²) in [4.78, 5) is 0. The molecule has 7 heteroatoms. The lowest BCUT2D eigenvalue weighted by atomic mass is 9.82. The van der Waals surface area contributed by atoms with Crippen LogP contribution in [0, 0.1) is 0 Å². The fourth-order valence-corrected chi connectivity index (χ4v) is 4.35. The lowest BCUT2D eigenvalue weighted by Crippen LogP contribution is -2.59. The summed E-state index contributed by atoms with van der Waals surface area (Å²) in [6.45, 7) is 6.10. The zero-order valence-electron chi connectivity index (χ0n) is 12.2. The maximum atomic E-state index is 12.2. The van der Waals surface area contributed by atoms with Gasteiger partial charge in [-0.15, -0.1) is 4.72 Å². The van der Waals surface area contributed by atoms with Crippen LogP contribution in [0.2, 0.25) is 0 Å². The Bertz CT molecular complexity index is 396. The van der Waals surface area contributed by atoms with Crippen LogP contribution in [-0.2, 0) is 21.2 Å². The third-order valence-electron chi connectivity index (χ3n) is 3.75. The van der Waals surface area contributed by atoms with E-state index in [0.717, 1.165) is 0 Å². The van der Waals surface area contributed by atoms with Crippen LogP contribution in [0.5, 0.6) is 0 Å². The first kappa shape index (κ1) is 17.2. The van der Waals surface area contributed by atoms with Crippen LogP contribution in [0.1, 0.15) is 46.5 Å². The Kier molecular flexibility index (Phi) is 5.34. The molecule has 0 spiro atoms. The van der Waals surface area contributed by atoms with E-state index in [0.29, 0.717) is 32.2 Å². The number of nitrogens with one attached hydrogen (secondary N) is 1. The Morgan fingerprint density at radius 3 is 2.16 bits per heavy atom. The molecule has 114 valence electrons. The first-order valence-electron chi connectivity index (χ1n) is 6.59. The summed E-state index contributed by atoms with van der Waals surface area (Å²) in [5.74, 6) is 0. The van der Waals surface area contributed by atoms with Gasteiger partial charge in [0.25, 0.3) is 0 Å². The highest BCUT2D eigenvalue weighted by atomic mass is 32.2. The Morgan fingerprint density at radius 1 is 1.37 bits per heavy atom. The van der Waals surface area contributed by atoms with Gasteiger partial charge in [0.2, 0.25) is 0 Å². The van der Waals surface area contributed by atoms with Crippen molar-refractivity contribution in [1.29, 1.82) is 0 Å². The molecule has 1 atom stereocenters. The van der Waals surface area contributed by atoms with Crippen molar-refractivity contribution in [3.05, 3.63) is 0 Å². The van der Waals surface area contributed by atoms with Gasteiger partial charge in [0, 0.05) is 24.2 Å². The van der Waals surface area contributed by atoms with E-state index in [-0.39, 0.29) is 15.5 Å². The second kappa shape index (κ2) is 5.89. The fraction of sp³-hybridized carbons (Fsp3) is 1.00. The van der Waals surface area contributed by atoms with E-state index in [1.165, 1.54) is 6.26 Å². The summed E-state index contributed by atoms with van der Waals surface area (Å²) in [5, 5.41) is -0.281. The van der Waals surface area contributed by atoms with Crippen LogP contribution in [0.4, 0.5) is 0 Å². The second-order valence-electron chi connectivity index (χ2n) is 6.50. The Hall–Kier alpha value is 0.180. The molecule has 3 N–H and O–H groups in total. The lowest BCUT2D eigenvalue weighted by Gasteiger charge is -2.40. The summed E-state index contributed by atoms with van der Waals surface area (Å²) in [6, 6.07) is 0. The third-order valence-corrected chi connectivity index (χ3v) is 7.16. The van der Waals surface area contributed by atoms with Crippen LogP contribution in [0.15, 0.2) is 0 Å². The van der Waals surface area contributed by atoms with E-state index in [2.05, 4.69) is 4.72 Å². The fourth-order valence-electron chi connectivity index (χ4n) is 2.27. The summed E-state index contributed by atoms with van der Waals surface area (Å²) in [5.41, 5.74) is 5.45. The summed E-state index contributed by atoms with van der Waals surface area (Å²) in [6.07, 6.45) is 3.77. The van der Waals surface area contributed by atoms with Gasteiger partial charge in [0.05, 0.1) is 10.8 Å². The average Bonchev–Trinajstić information content (AvgIpc) is 2.27. The highest BCUT2D eigenvalue weighted by Gasteiger charge is 2.42. The number of hydrogen-bond acceptors (Lipinski definition) is 5. The van der Waals surface area contributed by atoms with Crippen molar-refractivity contribution in [2.75, 3.05) is 12.8 Å². The predicted octanol–water partition coefficient (Wildman–Crippen LogP) is 0.723. The van der Waals surface area contributed by atoms with Crippen molar-refractivity contribution in [2.45, 2.75) is 62.0 Å². The molecule has 1 saturated carbocycles. The van der Waals surface area contributed by atoms with Gasteiger partial charge in [-0.2, -0.15) is 0 Å². The highest BCUT2D eigenvalue weighted by Crippen LogP contribution is 2.32. The molecule has 0 aromatic heterocycles. The quantitative estimate of drug-likeness (QED) is 0.746. The number of rotatable bonds is 4. The van der Waals surface area contributed by atoms with E-state index in [1.54, 1.807) is 0 Å². The molecule has 0 aromatic carbocycles. The smallest absolute Gasteiger partial charge is 0.150 e. The maximum Gasteiger partial charge on any atom is 0.150 e. The molecule has 0 heterocycles. The van der Waals surface area contributed by atoms with Gasteiger partial charge in [-0.05, 0) is 46.5 Å². The van der Waals surface area contributed by atoms with E-state index in [4.69, 9.17) is 5.73 Å². The van der Waals surface area contributed by atoms with E-state index >= 15 is 0 Å². The summed E-state index contributed by atoms with van der Waals surface area (Å²) >= 11 is -1.19. The van der Waals surface area contributed by atoms with E-state index < -0.39 is 21.2 Å². The molecule has 1 rings (SSSR count). The summed E-state index contributed by atoms with van der Waals surface area (Å²) in [7, 11) is -2.99. The molecule has 1 aliphatic carbocycles. The van der Waals surface area contributed by atoms with E-state index in [1.807, 2.05) is 20.8 Å². The molecule has 19 heavy (non-hydrogen) atoms. The Balaban J connectivity index is 2.71. The van der Waals surface area contributed by atoms with Gasteiger partial charge < -0.3 is 10.3 Å². The molecular formula is C12H26N2O3S2. The molecule has 0 saturated heterocycles. The number of nitrogens with two attached hydrogens (primary N) is 1. The molecule has 0 amide bonds. The topological polar surface area (TPSA) is 95.2 Å². The van der Waals surface area contributed by atoms with Gasteiger partial charge in [0.1, 0.15) is 14.6 Å². The first-order chi connectivity index (χ1) is 8.50. The molecule has 1 fully saturated rings. The van der Waals surface area contributed by atoms with Crippen LogP contribution < -0.4 is 10.5 Å². The molecular weight excluding hydrogens is 284 g/mol. The van der Waals surface area contributed by atoms with Crippen LogP contribution in [0.25, 0.3) is 0 Å². The molecule has 0 bridgehead atoms. The molecule has 0 aromatic rings. The predicted molar refractivity (Wildman–Crippen MR) is 79.9 cm³/mol. The van der Waals surface area contributed by atoms with Gasteiger partial charge in [-0.25, -0.2) is 8.42 Å². The van der Waals surface area contributed by atoms with Gasteiger partial charge in [-0.1, -0.05) is 0 Å². The molecule has 0 unspecified atom stereocenters. The average molecular weight is 310 g/mol. The summed E-state index contributed by atoms with van der Waals surface area (Å²) < 4.78 is 38.1. The van der Waals surface area contributed by atoms with Gasteiger partial charge >= 0.3 is 0 Å². The standard InChI is InChI=1S/C12H26N2O3S2/c1-11(2,3)18(15)14-12(9-13)7-5-10(6-8-12)19(4,16)17/h10,14H,5-9,13H2,1-4H3/t10?,12?,18-/m0/s1. The van der Waals surface area contributed by atoms with Crippen molar-refractivity contribution >= 4 is 21.2 Å². The zero-order valence-corrected chi connectivity index (χ0v) is 13.9. The van der Waals surface area contributed by atoms with Gasteiger partial charge in [0.15, 0.2) is 0 Å². The maximum absolute atomic E-state index is 12.2. The second-order valence-corrected chi connectivity index (χ2v) is 10.8. The van der Waals surface area contributed by atoms with Crippen LogP contribution in [0.3, 0.4) is 0 Å². The SMILES string of the molecule is CC(C)(C)[S@+]([O-])NC1(CN)CCC(S(C)(=O)=O)CC1.